The standard InChI is InChI=1S/C22H18ClN3O3S/c1-28-19-11-20(29-2)18(10-16(19)23)25-21(27)13-30-22-15(12-24)8-9-17(26-22)14-6-4-3-5-7-14/h3-11H,13H2,1-2H3,(H,25,27). The third-order valence-electron chi connectivity index (χ3n) is 4.14. The van der Waals surface area contributed by atoms with Crippen LogP contribution in [0.5, 0.6) is 11.5 Å². The van der Waals surface area contributed by atoms with Crippen molar-refractivity contribution in [3.8, 4) is 28.8 Å². The highest BCUT2D eigenvalue weighted by Crippen LogP contribution is 2.36. The maximum absolute atomic E-state index is 12.5. The smallest absolute Gasteiger partial charge is 0.234 e. The number of benzene rings is 2. The van der Waals surface area contributed by atoms with Gasteiger partial charge in [0, 0.05) is 11.6 Å². The largest absolute Gasteiger partial charge is 0.495 e. The van der Waals surface area contributed by atoms with Gasteiger partial charge < -0.3 is 14.8 Å². The van der Waals surface area contributed by atoms with Crippen LogP contribution in [0.25, 0.3) is 11.3 Å². The Bertz CT molecular complexity index is 1100. The number of hydrogen-bond donors (Lipinski definition) is 1. The summed E-state index contributed by atoms with van der Waals surface area (Å²) in [6, 6.07) is 18.4. The molecule has 8 heteroatoms. The third-order valence-corrected chi connectivity index (χ3v) is 5.42. The van der Waals surface area contributed by atoms with Gasteiger partial charge in [0.05, 0.1) is 41.9 Å². The van der Waals surface area contributed by atoms with Crippen LogP contribution in [-0.4, -0.2) is 30.9 Å². The van der Waals surface area contributed by atoms with Crippen molar-refractivity contribution in [1.82, 2.24) is 4.98 Å². The van der Waals surface area contributed by atoms with Crippen LogP contribution >= 0.6 is 23.4 Å². The van der Waals surface area contributed by atoms with Gasteiger partial charge in [-0.05, 0) is 18.2 Å². The van der Waals surface area contributed by atoms with Gasteiger partial charge in [-0.2, -0.15) is 5.26 Å². The molecule has 1 aromatic heterocycles. The van der Waals surface area contributed by atoms with E-state index >= 15 is 0 Å². The Morgan fingerprint density at radius 2 is 1.87 bits per heavy atom. The number of halogens is 1. The van der Waals surface area contributed by atoms with Gasteiger partial charge in [-0.1, -0.05) is 53.7 Å². The third kappa shape index (κ3) is 5.03. The van der Waals surface area contributed by atoms with Gasteiger partial charge in [0.1, 0.15) is 22.6 Å². The van der Waals surface area contributed by atoms with Gasteiger partial charge in [0.25, 0.3) is 0 Å². The van der Waals surface area contributed by atoms with Gasteiger partial charge >= 0.3 is 0 Å². The van der Waals surface area contributed by atoms with E-state index in [1.807, 2.05) is 30.3 Å². The number of nitrogens with one attached hydrogen (secondary N) is 1. The molecular weight excluding hydrogens is 422 g/mol. The predicted octanol–water partition coefficient (Wildman–Crippen LogP) is 5.02. The molecule has 0 saturated heterocycles. The van der Waals surface area contributed by atoms with Crippen molar-refractivity contribution >= 4 is 35.0 Å². The van der Waals surface area contributed by atoms with Crippen molar-refractivity contribution in [3.63, 3.8) is 0 Å². The summed E-state index contributed by atoms with van der Waals surface area (Å²) in [5.74, 6) is 0.653. The molecule has 0 aliphatic carbocycles. The number of nitriles is 1. The van der Waals surface area contributed by atoms with Crippen LogP contribution < -0.4 is 14.8 Å². The molecule has 1 amide bonds. The number of anilines is 1. The Labute approximate surface area is 183 Å². The number of nitrogens with zero attached hydrogens (tertiary/aromatic N) is 2. The number of carbonyl (C=O) groups is 1. The van der Waals surface area contributed by atoms with Gasteiger partial charge in [-0.15, -0.1) is 0 Å². The van der Waals surface area contributed by atoms with Crippen molar-refractivity contribution < 1.29 is 14.3 Å². The zero-order valence-electron chi connectivity index (χ0n) is 16.3. The van der Waals surface area contributed by atoms with Crippen molar-refractivity contribution in [3.05, 3.63) is 65.2 Å². The minimum absolute atomic E-state index is 0.0622. The lowest BCUT2D eigenvalue weighted by Crippen LogP contribution is -2.15. The SMILES string of the molecule is COc1cc(OC)c(NC(=O)CSc2nc(-c3ccccc3)ccc2C#N)cc1Cl. The van der Waals surface area contributed by atoms with Crippen molar-refractivity contribution in [2.75, 3.05) is 25.3 Å². The van der Waals surface area contributed by atoms with Crippen molar-refractivity contribution in [2.45, 2.75) is 5.03 Å². The molecule has 6 nitrogen and oxygen atoms in total. The number of amides is 1. The lowest BCUT2D eigenvalue weighted by molar-refractivity contribution is -0.113. The van der Waals surface area contributed by atoms with E-state index in [0.29, 0.717) is 32.8 Å². The highest BCUT2D eigenvalue weighted by Gasteiger charge is 2.14. The number of hydrogen-bond acceptors (Lipinski definition) is 6. The van der Waals surface area contributed by atoms with Gasteiger partial charge in [-0.25, -0.2) is 4.98 Å². The summed E-state index contributed by atoms with van der Waals surface area (Å²) in [6.07, 6.45) is 0. The molecule has 0 atom stereocenters. The second kappa shape index (κ2) is 10.0. The fourth-order valence-corrected chi connectivity index (χ4v) is 3.70. The molecule has 3 rings (SSSR count). The fourth-order valence-electron chi connectivity index (χ4n) is 2.68. The molecule has 0 spiro atoms. The second-order valence-corrected chi connectivity index (χ2v) is 7.42. The Balaban J connectivity index is 1.75. The number of ether oxygens (including phenoxy) is 2. The van der Waals surface area contributed by atoms with Crippen LogP contribution in [0.2, 0.25) is 5.02 Å². The molecule has 0 aliphatic heterocycles. The number of aromatic nitrogens is 1. The van der Waals surface area contributed by atoms with Crippen molar-refractivity contribution in [1.29, 1.82) is 5.26 Å². The molecule has 1 heterocycles. The molecule has 30 heavy (non-hydrogen) atoms. The fraction of sp³-hybridized carbons (Fsp3) is 0.136. The minimum atomic E-state index is -0.282. The number of carbonyl (C=O) groups excluding carboxylic acids is 1. The Kier molecular flexibility index (Phi) is 7.17. The van der Waals surface area contributed by atoms with E-state index in [-0.39, 0.29) is 11.7 Å². The van der Waals surface area contributed by atoms with Crippen LogP contribution in [0.15, 0.2) is 59.6 Å². The van der Waals surface area contributed by atoms with Gasteiger partial charge in [0.2, 0.25) is 5.91 Å². The van der Waals surface area contributed by atoms with E-state index in [0.717, 1.165) is 11.3 Å². The van der Waals surface area contributed by atoms with Crippen LogP contribution in [-0.2, 0) is 4.79 Å². The lowest BCUT2D eigenvalue weighted by Gasteiger charge is -2.13. The molecule has 1 N–H and O–H groups in total. The summed E-state index contributed by atoms with van der Waals surface area (Å²) in [5.41, 5.74) is 2.52. The van der Waals surface area contributed by atoms with Crippen LogP contribution in [0.3, 0.4) is 0 Å². The normalized spacial score (nSPS) is 10.2. The van der Waals surface area contributed by atoms with E-state index in [4.69, 9.17) is 21.1 Å². The number of pyridine rings is 1. The molecule has 3 aromatic rings. The second-order valence-electron chi connectivity index (χ2n) is 6.05. The molecule has 0 fully saturated rings. The first-order chi connectivity index (χ1) is 14.5. The number of rotatable bonds is 7. The number of methoxy groups -OCH3 is 2. The summed E-state index contributed by atoms with van der Waals surface area (Å²) in [6.45, 7) is 0. The monoisotopic (exact) mass is 439 g/mol. The van der Waals surface area contributed by atoms with Crippen LogP contribution in [0, 0.1) is 11.3 Å². The van der Waals surface area contributed by atoms with E-state index in [1.54, 1.807) is 24.3 Å². The van der Waals surface area contributed by atoms with Crippen LogP contribution in [0.4, 0.5) is 5.69 Å². The minimum Gasteiger partial charge on any atom is -0.495 e. The quantitative estimate of drug-likeness (QED) is 0.520. The highest BCUT2D eigenvalue weighted by atomic mass is 35.5. The summed E-state index contributed by atoms with van der Waals surface area (Å²) < 4.78 is 10.5. The molecule has 2 aromatic carbocycles. The number of thioether (sulfide) groups is 1. The van der Waals surface area contributed by atoms with E-state index < -0.39 is 0 Å². The average molecular weight is 440 g/mol. The zero-order chi connectivity index (χ0) is 21.5. The topological polar surface area (TPSA) is 84.2 Å². The predicted molar refractivity (Wildman–Crippen MR) is 118 cm³/mol. The van der Waals surface area contributed by atoms with Gasteiger partial charge in [-0.3, -0.25) is 4.79 Å². The first kappa shape index (κ1) is 21.5. The van der Waals surface area contributed by atoms with E-state index in [9.17, 15) is 10.1 Å². The molecular formula is C22H18ClN3O3S. The highest BCUT2D eigenvalue weighted by molar-refractivity contribution is 8.00. The zero-order valence-corrected chi connectivity index (χ0v) is 17.9. The first-order valence-corrected chi connectivity index (χ1v) is 10.2. The molecule has 0 radical (unpaired) electrons. The Hall–Kier alpha value is -3.21. The van der Waals surface area contributed by atoms with Gasteiger partial charge in [0.15, 0.2) is 0 Å². The average Bonchev–Trinajstić information content (AvgIpc) is 2.78. The Morgan fingerprint density at radius 1 is 1.13 bits per heavy atom. The molecule has 0 unspecified atom stereocenters. The molecule has 0 saturated carbocycles. The van der Waals surface area contributed by atoms with Crippen LogP contribution in [0.1, 0.15) is 5.56 Å². The van der Waals surface area contributed by atoms with Crippen molar-refractivity contribution in [2.24, 2.45) is 0 Å². The molecule has 152 valence electrons. The summed E-state index contributed by atoms with van der Waals surface area (Å²) >= 11 is 7.34. The summed E-state index contributed by atoms with van der Waals surface area (Å²) in [4.78, 5) is 17.1. The van der Waals surface area contributed by atoms with E-state index in [1.165, 1.54) is 26.0 Å². The molecule has 0 bridgehead atoms. The maximum atomic E-state index is 12.5. The summed E-state index contributed by atoms with van der Waals surface area (Å²) in [7, 11) is 2.99. The van der Waals surface area contributed by atoms with E-state index in [2.05, 4.69) is 16.4 Å². The Morgan fingerprint density at radius 3 is 2.53 bits per heavy atom. The summed E-state index contributed by atoms with van der Waals surface area (Å²) in [5, 5.41) is 13.0. The maximum Gasteiger partial charge on any atom is 0.234 e. The first-order valence-electron chi connectivity index (χ1n) is 8.86. The lowest BCUT2D eigenvalue weighted by atomic mass is 10.1. The molecule has 0 aliphatic rings.